The summed E-state index contributed by atoms with van der Waals surface area (Å²) in [6, 6.07) is 6.80. The van der Waals surface area contributed by atoms with Gasteiger partial charge in [-0.25, -0.2) is 22.8 Å². The summed E-state index contributed by atoms with van der Waals surface area (Å²) in [4.78, 5) is 49.8. The van der Waals surface area contributed by atoms with E-state index in [1.807, 2.05) is 6.92 Å². The van der Waals surface area contributed by atoms with Gasteiger partial charge in [0.25, 0.3) is 0 Å². The highest BCUT2D eigenvalue weighted by atomic mass is 19.1. The molecular weight excluding hydrogens is 595 g/mol. The van der Waals surface area contributed by atoms with Crippen LogP contribution in [0.1, 0.15) is 53.7 Å². The molecule has 11 nitrogen and oxygen atoms in total. The number of nitrogens with one attached hydrogen (secondary N) is 2. The first-order valence-corrected chi connectivity index (χ1v) is 14.2. The molecule has 14 heteroatoms. The lowest BCUT2D eigenvalue weighted by Gasteiger charge is -2.27. The minimum atomic E-state index is -1.20. The van der Waals surface area contributed by atoms with Crippen molar-refractivity contribution in [2.75, 3.05) is 25.9 Å². The van der Waals surface area contributed by atoms with Crippen molar-refractivity contribution in [1.29, 1.82) is 0 Å². The van der Waals surface area contributed by atoms with Gasteiger partial charge in [-0.1, -0.05) is 19.4 Å². The lowest BCUT2D eigenvalue weighted by Crippen LogP contribution is -2.50. The van der Waals surface area contributed by atoms with E-state index in [0.29, 0.717) is 29.7 Å². The Morgan fingerprint density at radius 3 is 2.64 bits per heavy atom. The second-order valence-electron chi connectivity index (χ2n) is 10.6. The number of hydrogen-bond acceptors (Lipinski definition) is 8. The molecule has 2 aromatic carbocycles. The molecule has 4 rings (SSSR count). The number of carbonyl (C=O) groups is 3. The minimum absolute atomic E-state index is 0.0144. The standard InChI is InChI=1S/C31H34F3N5O6/c1-3-4-26(17-5-7-24(30(41)42)25(35)11-17)37-31(43)39-16-28(38-45-23-13-21(33)12-22(34)14-23)36-15-19(29(39)40)9-18-10-20(32)6-8-27(18)44-2/h5-8,10-13,19,23,26H,3-4,9,14-16,35H2,1-2H3,(H,36,38)(H,37,43)(H,41,42). The Kier molecular flexibility index (Phi) is 10.8. The largest absolute Gasteiger partial charge is 0.496 e. The predicted octanol–water partition coefficient (Wildman–Crippen LogP) is 4.77. The molecule has 1 heterocycles. The second kappa shape index (κ2) is 14.8. The van der Waals surface area contributed by atoms with Crippen LogP contribution < -0.4 is 21.3 Å². The number of methoxy groups -OCH3 is 1. The molecule has 0 fully saturated rings. The number of ether oxygens (including phenoxy) is 1. The number of carboxylic acid groups (broad SMARTS) is 1. The smallest absolute Gasteiger partial charge is 0.337 e. The maximum atomic E-state index is 14.1. The van der Waals surface area contributed by atoms with E-state index in [4.69, 9.17) is 15.3 Å². The van der Waals surface area contributed by atoms with Crippen LogP contribution in [0, 0.1) is 11.7 Å². The van der Waals surface area contributed by atoms with Crippen LogP contribution in [0.15, 0.2) is 65.2 Å². The van der Waals surface area contributed by atoms with Crippen molar-refractivity contribution in [3.8, 4) is 5.75 Å². The molecule has 0 saturated heterocycles. The first-order chi connectivity index (χ1) is 21.5. The van der Waals surface area contributed by atoms with Gasteiger partial charge in [-0.3, -0.25) is 25.0 Å². The third-order valence-electron chi connectivity index (χ3n) is 7.33. The number of carboxylic acids is 1. The lowest BCUT2D eigenvalue weighted by molar-refractivity contribution is -0.131. The van der Waals surface area contributed by atoms with Gasteiger partial charge in [0.1, 0.15) is 35.2 Å². The van der Waals surface area contributed by atoms with Crippen LogP contribution in [0.2, 0.25) is 0 Å². The number of nitrogens with two attached hydrogens (primary N) is 1. The van der Waals surface area contributed by atoms with Gasteiger partial charge >= 0.3 is 12.0 Å². The quantitative estimate of drug-likeness (QED) is 0.217. The Bertz CT molecular complexity index is 1550. The molecule has 3 amide bonds. The predicted molar refractivity (Wildman–Crippen MR) is 159 cm³/mol. The van der Waals surface area contributed by atoms with Gasteiger partial charge in [0, 0.05) is 18.2 Å². The number of rotatable bonds is 10. The van der Waals surface area contributed by atoms with E-state index in [1.165, 1.54) is 43.5 Å². The molecule has 1 aliphatic heterocycles. The number of anilines is 1. The van der Waals surface area contributed by atoms with E-state index in [0.717, 1.165) is 17.1 Å². The van der Waals surface area contributed by atoms with Gasteiger partial charge in [0.15, 0.2) is 0 Å². The number of aliphatic imine (C=N–C) groups is 1. The van der Waals surface area contributed by atoms with Gasteiger partial charge in [-0.05, 0) is 60.4 Å². The van der Waals surface area contributed by atoms with Crippen LogP contribution in [0.5, 0.6) is 5.75 Å². The number of urea groups is 1. The van der Waals surface area contributed by atoms with Gasteiger partial charge in [0.2, 0.25) is 5.91 Å². The zero-order valence-electron chi connectivity index (χ0n) is 24.7. The van der Waals surface area contributed by atoms with Crippen molar-refractivity contribution in [1.82, 2.24) is 15.7 Å². The van der Waals surface area contributed by atoms with Crippen LogP contribution >= 0.6 is 0 Å². The molecule has 0 radical (unpaired) electrons. The van der Waals surface area contributed by atoms with E-state index in [1.54, 1.807) is 0 Å². The number of hydrogen-bond donors (Lipinski definition) is 4. The number of amidine groups is 1. The van der Waals surface area contributed by atoms with Crippen LogP contribution in [-0.4, -0.2) is 60.1 Å². The number of nitrogens with zero attached hydrogens (tertiary/aromatic N) is 2. The fourth-order valence-corrected chi connectivity index (χ4v) is 5.09. The Morgan fingerprint density at radius 2 is 1.98 bits per heavy atom. The lowest BCUT2D eigenvalue weighted by atomic mass is 9.97. The molecule has 0 aromatic heterocycles. The SMILES string of the molecule is CCCC(NC(=O)N1CC(NOC2C=C(F)C=C(F)C2)=NCC(Cc2cc(F)ccc2OC)C1=O)c1ccc(C(=O)O)c(N)c1. The van der Waals surface area contributed by atoms with Crippen molar-refractivity contribution >= 4 is 29.4 Å². The Hall–Kier alpha value is -4.85. The normalized spacial score (nSPS) is 19.1. The topological polar surface area (TPSA) is 156 Å². The first kappa shape index (κ1) is 33.1. The molecule has 3 atom stereocenters. The Balaban J connectivity index is 1.60. The molecule has 3 unspecified atom stereocenters. The van der Waals surface area contributed by atoms with Crippen LogP contribution in [0.3, 0.4) is 0 Å². The number of allylic oxidation sites excluding steroid dienone is 2. The van der Waals surface area contributed by atoms with Crippen LogP contribution in [0.4, 0.5) is 23.7 Å². The van der Waals surface area contributed by atoms with Gasteiger partial charge in [-0.15, -0.1) is 0 Å². The first-order valence-electron chi connectivity index (χ1n) is 14.2. The third kappa shape index (κ3) is 8.41. The highest BCUT2D eigenvalue weighted by molar-refractivity contribution is 6.01. The number of aromatic carboxylic acids is 1. The van der Waals surface area contributed by atoms with E-state index in [9.17, 15) is 32.7 Å². The van der Waals surface area contributed by atoms with Crippen molar-refractivity contribution in [2.45, 2.75) is 44.8 Å². The number of carbonyl (C=O) groups excluding carboxylic acids is 2. The molecule has 45 heavy (non-hydrogen) atoms. The molecule has 0 spiro atoms. The number of halogens is 3. The number of nitrogen functional groups attached to an aromatic ring is 1. The molecule has 2 aliphatic rings. The Labute approximate surface area is 257 Å². The van der Waals surface area contributed by atoms with Crippen molar-refractivity contribution < 1.29 is 42.2 Å². The summed E-state index contributed by atoms with van der Waals surface area (Å²) < 4.78 is 46.9. The van der Waals surface area contributed by atoms with Crippen LogP contribution in [0.25, 0.3) is 0 Å². The fourth-order valence-electron chi connectivity index (χ4n) is 5.09. The monoisotopic (exact) mass is 629 g/mol. The second-order valence-corrected chi connectivity index (χ2v) is 10.6. The van der Waals surface area contributed by atoms with Crippen molar-refractivity contribution in [3.05, 3.63) is 82.7 Å². The van der Waals surface area contributed by atoms with Crippen molar-refractivity contribution in [3.63, 3.8) is 0 Å². The summed E-state index contributed by atoms with van der Waals surface area (Å²) in [6.45, 7) is 1.39. The third-order valence-corrected chi connectivity index (χ3v) is 7.33. The highest BCUT2D eigenvalue weighted by Crippen LogP contribution is 2.27. The molecule has 240 valence electrons. The molecule has 5 N–H and O–H groups in total. The van der Waals surface area contributed by atoms with Gasteiger partial charge in [-0.2, -0.15) is 0 Å². The van der Waals surface area contributed by atoms with Crippen molar-refractivity contribution in [2.24, 2.45) is 10.9 Å². The molecule has 1 aliphatic carbocycles. The molecule has 2 aromatic rings. The Morgan fingerprint density at radius 1 is 1.20 bits per heavy atom. The number of imide groups is 1. The van der Waals surface area contributed by atoms with Crippen LogP contribution in [-0.2, 0) is 16.1 Å². The molecule has 0 bridgehead atoms. The summed E-state index contributed by atoms with van der Waals surface area (Å²) in [6.07, 6.45) is 1.61. The minimum Gasteiger partial charge on any atom is -0.496 e. The number of hydroxylamine groups is 1. The maximum Gasteiger partial charge on any atom is 0.337 e. The summed E-state index contributed by atoms with van der Waals surface area (Å²) in [7, 11) is 1.41. The maximum absolute atomic E-state index is 14.1. The summed E-state index contributed by atoms with van der Waals surface area (Å²) in [5.74, 6) is -4.42. The van der Waals surface area contributed by atoms with Gasteiger partial charge in [0.05, 0.1) is 37.7 Å². The highest BCUT2D eigenvalue weighted by Gasteiger charge is 2.34. The summed E-state index contributed by atoms with van der Waals surface area (Å²) in [5.41, 5.74) is 9.33. The number of benzene rings is 2. The molecule has 0 saturated carbocycles. The molecular formula is C31H34F3N5O6. The van der Waals surface area contributed by atoms with E-state index in [2.05, 4.69) is 15.8 Å². The zero-order chi connectivity index (χ0) is 32.7. The van der Waals surface area contributed by atoms with E-state index in [-0.39, 0.29) is 43.0 Å². The average molecular weight is 630 g/mol. The van der Waals surface area contributed by atoms with E-state index < -0.39 is 53.4 Å². The number of amides is 3. The van der Waals surface area contributed by atoms with E-state index >= 15 is 0 Å². The summed E-state index contributed by atoms with van der Waals surface area (Å²) in [5, 5.41) is 12.2. The van der Waals surface area contributed by atoms with Gasteiger partial charge < -0.3 is 20.9 Å². The zero-order valence-corrected chi connectivity index (χ0v) is 24.7. The summed E-state index contributed by atoms with van der Waals surface area (Å²) >= 11 is 0. The fraction of sp³-hybridized carbons (Fsp3) is 0.355. The average Bonchev–Trinajstić information content (AvgIpc) is 3.13.